The fraction of sp³-hybridized carbons (Fsp3) is 0.579. The highest BCUT2D eigenvalue weighted by Crippen LogP contribution is 2.36. The predicted octanol–water partition coefficient (Wildman–Crippen LogP) is 1.94. The minimum Gasteiger partial charge on any atom is -0.373 e. The smallest absolute Gasteiger partial charge is 0.314 e. The van der Waals surface area contributed by atoms with E-state index in [1.54, 1.807) is 12.0 Å². The molecular weight excluding hydrogens is 318 g/mol. The molecule has 0 bridgehead atoms. The van der Waals surface area contributed by atoms with Crippen LogP contribution in [-0.2, 0) is 15.1 Å². The second kappa shape index (κ2) is 7.44. The van der Waals surface area contributed by atoms with Crippen LogP contribution in [0.2, 0.25) is 0 Å². The van der Waals surface area contributed by atoms with Crippen LogP contribution in [0.5, 0.6) is 0 Å². The van der Waals surface area contributed by atoms with E-state index in [2.05, 4.69) is 12.1 Å². The zero-order valence-corrected chi connectivity index (χ0v) is 14.8. The maximum Gasteiger partial charge on any atom is 0.314 e. The van der Waals surface area contributed by atoms with Gasteiger partial charge in [-0.25, -0.2) is 4.79 Å². The van der Waals surface area contributed by atoms with Crippen molar-refractivity contribution in [1.29, 1.82) is 0 Å². The number of primary amides is 1. The Hall–Kier alpha value is -2.08. The minimum atomic E-state index is -0.432. The van der Waals surface area contributed by atoms with Crippen molar-refractivity contribution in [3.63, 3.8) is 0 Å². The lowest BCUT2D eigenvalue weighted by molar-refractivity contribution is -0.143. The van der Waals surface area contributed by atoms with Gasteiger partial charge in [-0.05, 0) is 31.2 Å². The van der Waals surface area contributed by atoms with Gasteiger partial charge in [0.15, 0.2) is 0 Å². The van der Waals surface area contributed by atoms with E-state index < -0.39 is 6.03 Å². The number of amides is 3. The standard InChI is InChI=1S/C19H27N3O3/c1-25-19(16-7-3-2-4-8-16)9-12-21(13-10-19)17(23)15-6-5-11-22(14-15)18(20)24/h2-4,7-8,15H,5-6,9-14H2,1H3,(H2,20,24)/t15-/m0/s1. The van der Waals surface area contributed by atoms with Crippen molar-refractivity contribution in [2.24, 2.45) is 11.7 Å². The third-order valence-electron chi connectivity index (χ3n) is 5.66. The zero-order chi connectivity index (χ0) is 17.9. The molecule has 0 spiro atoms. The summed E-state index contributed by atoms with van der Waals surface area (Å²) in [6.07, 6.45) is 3.23. The molecule has 0 saturated carbocycles. The van der Waals surface area contributed by atoms with Gasteiger partial charge in [0.05, 0.1) is 11.5 Å². The van der Waals surface area contributed by atoms with E-state index in [0.29, 0.717) is 26.2 Å². The van der Waals surface area contributed by atoms with Gasteiger partial charge in [-0.15, -0.1) is 0 Å². The van der Waals surface area contributed by atoms with Crippen LogP contribution in [0.3, 0.4) is 0 Å². The molecule has 1 aromatic carbocycles. The van der Waals surface area contributed by atoms with Gasteiger partial charge < -0.3 is 20.3 Å². The van der Waals surface area contributed by atoms with Crippen LogP contribution in [0.1, 0.15) is 31.2 Å². The Kier molecular flexibility index (Phi) is 5.27. The highest BCUT2D eigenvalue weighted by atomic mass is 16.5. The fourth-order valence-electron chi connectivity index (χ4n) is 4.08. The molecule has 3 amide bonds. The molecule has 3 rings (SSSR count). The van der Waals surface area contributed by atoms with Crippen molar-refractivity contribution in [2.75, 3.05) is 33.3 Å². The quantitative estimate of drug-likeness (QED) is 0.909. The number of methoxy groups -OCH3 is 1. The topological polar surface area (TPSA) is 75.9 Å². The number of hydrogen-bond donors (Lipinski definition) is 1. The summed E-state index contributed by atoms with van der Waals surface area (Å²) in [7, 11) is 1.75. The molecule has 0 aliphatic carbocycles. The Morgan fingerprint density at radius 3 is 2.40 bits per heavy atom. The maximum atomic E-state index is 12.9. The summed E-state index contributed by atoms with van der Waals surface area (Å²) in [4.78, 5) is 27.8. The highest BCUT2D eigenvalue weighted by molar-refractivity contribution is 5.80. The summed E-state index contributed by atoms with van der Waals surface area (Å²) in [5, 5.41) is 0. The van der Waals surface area contributed by atoms with E-state index in [9.17, 15) is 9.59 Å². The van der Waals surface area contributed by atoms with Crippen LogP contribution >= 0.6 is 0 Å². The molecule has 136 valence electrons. The lowest BCUT2D eigenvalue weighted by Gasteiger charge is -2.43. The number of nitrogens with two attached hydrogens (primary N) is 1. The molecule has 0 unspecified atom stereocenters. The minimum absolute atomic E-state index is 0.131. The van der Waals surface area contributed by atoms with Crippen molar-refractivity contribution >= 4 is 11.9 Å². The second-order valence-electron chi connectivity index (χ2n) is 7.01. The van der Waals surface area contributed by atoms with E-state index in [0.717, 1.165) is 25.7 Å². The molecule has 2 heterocycles. The van der Waals surface area contributed by atoms with Gasteiger partial charge >= 0.3 is 6.03 Å². The van der Waals surface area contributed by atoms with Crippen LogP contribution in [0, 0.1) is 5.92 Å². The first-order valence-corrected chi connectivity index (χ1v) is 8.99. The average Bonchev–Trinajstić information content (AvgIpc) is 2.68. The molecule has 2 fully saturated rings. The van der Waals surface area contributed by atoms with Gasteiger partial charge in [0, 0.05) is 33.3 Å². The maximum absolute atomic E-state index is 12.9. The number of piperidine rings is 2. The summed E-state index contributed by atoms with van der Waals surface area (Å²) >= 11 is 0. The molecule has 0 aromatic heterocycles. The number of likely N-dealkylation sites (tertiary alicyclic amines) is 2. The van der Waals surface area contributed by atoms with Gasteiger partial charge in [0.25, 0.3) is 0 Å². The molecule has 1 atom stereocenters. The third-order valence-corrected chi connectivity index (χ3v) is 5.66. The van der Waals surface area contributed by atoms with Crippen molar-refractivity contribution in [1.82, 2.24) is 9.80 Å². The van der Waals surface area contributed by atoms with Crippen LogP contribution in [0.4, 0.5) is 4.79 Å². The summed E-state index contributed by atoms with van der Waals surface area (Å²) in [5.74, 6) is 0.0109. The third kappa shape index (κ3) is 3.63. The number of rotatable bonds is 3. The van der Waals surface area contributed by atoms with Crippen LogP contribution in [0.15, 0.2) is 30.3 Å². The van der Waals surface area contributed by atoms with Crippen molar-refractivity contribution < 1.29 is 14.3 Å². The molecule has 2 aliphatic heterocycles. The lowest BCUT2D eigenvalue weighted by Crippen LogP contribution is -2.51. The van der Waals surface area contributed by atoms with E-state index in [-0.39, 0.29) is 17.4 Å². The number of benzene rings is 1. The van der Waals surface area contributed by atoms with E-state index >= 15 is 0 Å². The second-order valence-corrected chi connectivity index (χ2v) is 7.01. The van der Waals surface area contributed by atoms with Gasteiger partial charge in [0.1, 0.15) is 0 Å². The van der Waals surface area contributed by atoms with Gasteiger partial charge in [-0.3, -0.25) is 4.79 Å². The largest absolute Gasteiger partial charge is 0.373 e. The molecular formula is C19H27N3O3. The first-order valence-electron chi connectivity index (χ1n) is 8.99. The Morgan fingerprint density at radius 1 is 1.12 bits per heavy atom. The van der Waals surface area contributed by atoms with Crippen molar-refractivity contribution in [3.05, 3.63) is 35.9 Å². The number of hydrogen-bond acceptors (Lipinski definition) is 3. The molecule has 1 aromatic rings. The summed E-state index contributed by atoms with van der Waals surface area (Å²) in [6, 6.07) is 9.79. The number of carbonyl (C=O) groups is 2. The van der Waals surface area contributed by atoms with Gasteiger partial charge in [-0.1, -0.05) is 30.3 Å². The summed E-state index contributed by atoms with van der Waals surface area (Å²) < 4.78 is 5.88. The molecule has 0 radical (unpaired) electrons. The van der Waals surface area contributed by atoms with Gasteiger partial charge in [-0.2, -0.15) is 0 Å². The molecule has 25 heavy (non-hydrogen) atoms. The lowest BCUT2D eigenvalue weighted by atomic mass is 9.83. The number of ether oxygens (including phenoxy) is 1. The SMILES string of the molecule is COC1(c2ccccc2)CCN(C(=O)[C@H]2CCCN(C(N)=O)C2)CC1. The number of nitrogens with zero attached hydrogens (tertiary/aromatic N) is 2. The Labute approximate surface area is 148 Å². The monoisotopic (exact) mass is 345 g/mol. The number of carbonyl (C=O) groups excluding carboxylic acids is 2. The predicted molar refractivity (Wildman–Crippen MR) is 94.8 cm³/mol. The van der Waals surface area contributed by atoms with Crippen molar-refractivity contribution in [3.8, 4) is 0 Å². The van der Waals surface area contributed by atoms with Crippen LogP contribution in [-0.4, -0.2) is 55.0 Å². The highest BCUT2D eigenvalue weighted by Gasteiger charge is 2.39. The van der Waals surface area contributed by atoms with Crippen LogP contribution < -0.4 is 5.73 Å². The fourth-order valence-corrected chi connectivity index (χ4v) is 4.08. The summed E-state index contributed by atoms with van der Waals surface area (Å²) in [5.41, 5.74) is 6.22. The first kappa shape index (κ1) is 17.7. The summed E-state index contributed by atoms with van der Waals surface area (Å²) in [6.45, 7) is 2.45. The Balaban J connectivity index is 1.63. The van der Waals surface area contributed by atoms with Gasteiger partial charge in [0.2, 0.25) is 5.91 Å². The number of urea groups is 1. The van der Waals surface area contributed by atoms with E-state index in [4.69, 9.17) is 10.5 Å². The molecule has 2 N–H and O–H groups in total. The first-order chi connectivity index (χ1) is 12.1. The molecule has 6 heteroatoms. The average molecular weight is 345 g/mol. The normalized spacial score (nSPS) is 23.3. The zero-order valence-electron chi connectivity index (χ0n) is 14.8. The Morgan fingerprint density at radius 2 is 1.80 bits per heavy atom. The van der Waals surface area contributed by atoms with E-state index in [1.165, 1.54) is 5.56 Å². The molecule has 6 nitrogen and oxygen atoms in total. The van der Waals surface area contributed by atoms with Crippen molar-refractivity contribution in [2.45, 2.75) is 31.3 Å². The molecule has 2 saturated heterocycles. The molecule has 2 aliphatic rings. The Bertz CT molecular complexity index is 612. The van der Waals surface area contributed by atoms with E-state index in [1.807, 2.05) is 23.1 Å². The van der Waals surface area contributed by atoms with Crippen LogP contribution in [0.25, 0.3) is 0 Å².